The topological polar surface area (TPSA) is 26.3 Å². The Labute approximate surface area is 109 Å². The number of hydrogen-bond donors (Lipinski definition) is 0. The molecule has 0 aliphatic carbocycles. The first kappa shape index (κ1) is 13.6. The van der Waals surface area contributed by atoms with Crippen LogP contribution in [0.4, 0.5) is 0 Å². The van der Waals surface area contributed by atoms with Crippen molar-refractivity contribution in [2.75, 3.05) is 12.9 Å². The Hall–Kier alpha value is -0.480. The molecule has 1 aromatic carbocycles. The highest BCUT2D eigenvalue weighted by Crippen LogP contribution is 2.29. The number of alkyl halides is 1. The zero-order valence-electron chi connectivity index (χ0n) is 9.62. The van der Waals surface area contributed by atoms with Crippen LogP contribution in [-0.4, -0.2) is 23.5 Å². The lowest BCUT2D eigenvalue weighted by atomic mass is 10.1. The lowest BCUT2D eigenvalue weighted by Crippen LogP contribution is -2.10. The molecule has 0 fully saturated rings. The molecule has 88 valence electrons. The SMILES string of the molecule is CCOc1ccc(C(=O)C(C)Br)cc1SC. The number of carbonyl (C=O) groups is 1. The van der Waals surface area contributed by atoms with Gasteiger partial charge < -0.3 is 4.74 Å². The number of Topliss-reactive ketones (excluding diaryl/α,β-unsaturated/α-hetero) is 1. The van der Waals surface area contributed by atoms with Gasteiger partial charge in [-0.25, -0.2) is 0 Å². The van der Waals surface area contributed by atoms with Gasteiger partial charge in [0.25, 0.3) is 0 Å². The molecule has 0 bridgehead atoms. The molecule has 0 aromatic heterocycles. The molecule has 0 radical (unpaired) electrons. The predicted molar refractivity (Wildman–Crippen MR) is 72.1 cm³/mol. The van der Waals surface area contributed by atoms with E-state index in [1.54, 1.807) is 11.8 Å². The summed E-state index contributed by atoms with van der Waals surface area (Å²) in [4.78, 5) is 12.6. The minimum atomic E-state index is -0.153. The van der Waals surface area contributed by atoms with Crippen LogP contribution < -0.4 is 4.74 Å². The molecule has 1 aromatic rings. The molecule has 0 saturated heterocycles. The van der Waals surface area contributed by atoms with E-state index in [1.807, 2.05) is 38.3 Å². The first-order valence-corrected chi connectivity index (χ1v) is 7.23. The molecule has 4 heteroatoms. The predicted octanol–water partition coefficient (Wildman–Crippen LogP) is 3.77. The number of rotatable bonds is 5. The van der Waals surface area contributed by atoms with E-state index in [-0.39, 0.29) is 10.6 Å². The standard InChI is InChI=1S/C12H15BrO2S/c1-4-15-10-6-5-9(7-11(10)16-3)12(14)8(2)13/h5-8H,4H2,1-3H3. The van der Waals surface area contributed by atoms with E-state index in [1.165, 1.54) is 0 Å². The molecule has 0 N–H and O–H groups in total. The molecule has 1 atom stereocenters. The van der Waals surface area contributed by atoms with Gasteiger partial charge in [-0.1, -0.05) is 15.9 Å². The first-order chi connectivity index (χ1) is 7.60. The summed E-state index contributed by atoms with van der Waals surface area (Å²) in [6, 6.07) is 5.55. The van der Waals surface area contributed by atoms with Gasteiger partial charge >= 0.3 is 0 Å². The fourth-order valence-corrected chi connectivity index (χ4v) is 2.16. The number of hydrogen-bond acceptors (Lipinski definition) is 3. The van der Waals surface area contributed by atoms with Gasteiger partial charge in [-0.3, -0.25) is 4.79 Å². The molecule has 2 nitrogen and oxygen atoms in total. The van der Waals surface area contributed by atoms with Crippen molar-refractivity contribution in [1.29, 1.82) is 0 Å². The van der Waals surface area contributed by atoms with Gasteiger partial charge in [0.15, 0.2) is 5.78 Å². The van der Waals surface area contributed by atoms with Crippen LogP contribution in [0.15, 0.2) is 23.1 Å². The second-order valence-corrected chi connectivity index (χ2v) is 5.50. The van der Waals surface area contributed by atoms with Gasteiger partial charge in [-0.05, 0) is 38.3 Å². The third kappa shape index (κ3) is 3.25. The number of benzene rings is 1. The minimum Gasteiger partial charge on any atom is -0.493 e. The summed E-state index contributed by atoms with van der Waals surface area (Å²) < 4.78 is 5.48. The monoisotopic (exact) mass is 302 g/mol. The van der Waals surface area contributed by atoms with Gasteiger partial charge in [0.05, 0.1) is 11.4 Å². The molecule has 0 saturated carbocycles. The Balaban J connectivity index is 3.03. The van der Waals surface area contributed by atoms with E-state index in [2.05, 4.69) is 15.9 Å². The zero-order valence-corrected chi connectivity index (χ0v) is 12.0. The van der Waals surface area contributed by atoms with Crippen LogP contribution in [0.25, 0.3) is 0 Å². The highest BCUT2D eigenvalue weighted by atomic mass is 79.9. The van der Waals surface area contributed by atoms with Crippen LogP contribution in [0.3, 0.4) is 0 Å². The molecule has 0 amide bonds. The average Bonchev–Trinajstić information content (AvgIpc) is 2.29. The number of carbonyl (C=O) groups excluding carboxylic acids is 1. The smallest absolute Gasteiger partial charge is 0.176 e. The quantitative estimate of drug-likeness (QED) is 0.470. The summed E-state index contributed by atoms with van der Waals surface area (Å²) in [5.74, 6) is 0.937. The van der Waals surface area contributed by atoms with Crippen molar-refractivity contribution in [3.8, 4) is 5.75 Å². The second kappa shape index (κ2) is 6.30. The van der Waals surface area contributed by atoms with Crippen LogP contribution in [0.2, 0.25) is 0 Å². The van der Waals surface area contributed by atoms with E-state index >= 15 is 0 Å². The van der Waals surface area contributed by atoms with E-state index in [9.17, 15) is 4.79 Å². The molecule has 0 spiro atoms. The summed E-state index contributed by atoms with van der Waals surface area (Å²) >= 11 is 4.87. The molecular weight excluding hydrogens is 288 g/mol. The molecule has 0 aliphatic heterocycles. The maximum absolute atomic E-state index is 11.8. The van der Waals surface area contributed by atoms with Crippen molar-refractivity contribution >= 4 is 33.5 Å². The number of ether oxygens (including phenoxy) is 1. The second-order valence-electron chi connectivity index (χ2n) is 3.28. The van der Waals surface area contributed by atoms with Crippen LogP contribution >= 0.6 is 27.7 Å². The minimum absolute atomic E-state index is 0.0957. The molecule has 1 rings (SSSR count). The fourth-order valence-electron chi connectivity index (χ4n) is 1.33. The molecule has 0 aliphatic rings. The third-order valence-corrected chi connectivity index (χ3v) is 3.28. The lowest BCUT2D eigenvalue weighted by Gasteiger charge is -2.10. The van der Waals surface area contributed by atoms with Crippen molar-refractivity contribution in [3.05, 3.63) is 23.8 Å². The Morgan fingerprint density at radius 2 is 2.25 bits per heavy atom. The summed E-state index contributed by atoms with van der Waals surface area (Å²) in [5.41, 5.74) is 0.720. The summed E-state index contributed by atoms with van der Waals surface area (Å²) in [6.07, 6.45) is 1.98. The van der Waals surface area contributed by atoms with E-state index in [0.29, 0.717) is 6.61 Å². The van der Waals surface area contributed by atoms with Crippen molar-refractivity contribution < 1.29 is 9.53 Å². The summed E-state index contributed by atoms with van der Waals surface area (Å²) in [6.45, 7) is 4.41. The van der Waals surface area contributed by atoms with Crippen molar-refractivity contribution in [2.45, 2.75) is 23.6 Å². The third-order valence-electron chi connectivity index (χ3n) is 2.11. The number of thioether (sulfide) groups is 1. The maximum Gasteiger partial charge on any atom is 0.176 e. The van der Waals surface area contributed by atoms with Gasteiger partial charge in [-0.15, -0.1) is 11.8 Å². The highest BCUT2D eigenvalue weighted by Gasteiger charge is 2.14. The molecular formula is C12H15BrO2S. The lowest BCUT2D eigenvalue weighted by molar-refractivity contribution is 0.0995. The van der Waals surface area contributed by atoms with Crippen molar-refractivity contribution in [2.24, 2.45) is 0 Å². The van der Waals surface area contributed by atoms with Gasteiger partial charge in [0.1, 0.15) is 5.75 Å². The summed E-state index contributed by atoms with van der Waals surface area (Å²) in [7, 11) is 0. The summed E-state index contributed by atoms with van der Waals surface area (Å²) in [5, 5.41) is 0. The van der Waals surface area contributed by atoms with Crippen molar-refractivity contribution in [1.82, 2.24) is 0 Å². The van der Waals surface area contributed by atoms with Crippen LogP contribution in [-0.2, 0) is 0 Å². The largest absolute Gasteiger partial charge is 0.493 e. The van der Waals surface area contributed by atoms with E-state index in [0.717, 1.165) is 16.2 Å². The van der Waals surface area contributed by atoms with Gasteiger partial charge in [0.2, 0.25) is 0 Å². The fraction of sp³-hybridized carbons (Fsp3) is 0.417. The van der Waals surface area contributed by atoms with Crippen LogP contribution in [0, 0.1) is 0 Å². The Morgan fingerprint density at radius 3 is 2.75 bits per heavy atom. The molecule has 1 unspecified atom stereocenters. The Morgan fingerprint density at radius 1 is 1.56 bits per heavy atom. The molecule has 16 heavy (non-hydrogen) atoms. The van der Waals surface area contributed by atoms with Gasteiger partial charge in [0, 0.05) is 10.5 Å². The number of ketones is 1. The highest BCUT2D eigenvalue weighted by molar-refractivity contribution is 9.10. The Kier molecular flexibility index (Phi) is 5.35. The number of halogens is 1. The average molecular weight is 303 g/mol. The van der Waals surface area contributed by atoms with E-state index in [4.69, 9.17) is 4.74 Å². The Bertz CT molecular complexity index is 377. The van der Waals surface area contributed by atoms with Crippen molar-refractivity contribution in [3.63, 3.8) is 0 Å². The van der Waals surface area contributed by atoms with Crippen LogP contribution in [0.5, 0.6) is 5.75 Å². The van der Waals surface area contributed by atoms with E-state index < -0.39 is 0 Å². The normalized spacial score (nSPS) is 12.2. The van der Waals surface area contributed by atoms with Gasteiger partial charge in [-0.2, -0.15) is 0 Å². The first-order valence-electron chi connectivity index (χ1n) is 5.09. The van der Waals surface area contributed by atoms with Crippen LogP contribution in [0.1, 0.15) is 24.2 Å². The zero-order chi connectivity index (χ0) is 12.1. The maximum atomic E-state index is 11.8. The molecule has 0 heterocycles.